The summed E-state index contributed by atoms with van der Waals surface area (Å²) in [7, 11) is 0. The number of morpholine rings is 1. The van der Waals surface area contributed by atoms with Crippen molar-refractivity contribution in [3.05, 3.63) is 29.8 Å². The molecule has 0 amide bonds. The fourth-order valence-electron chi connectivity index (χ4n) is 1.86. The number of anilines is 1. The van der Waals surface area contributed by atoms with Crippen LogP contribution in [0.15, 0.2) is 24.3 Å². The van der Waals surface area contributed by atoms with E-state index in [1.807, 2.05) is 0 Å². The number of hydrogen-bond donors (Lipinski definition) is 1. The predicted molar refractivity (Wildman–Crippen MR) is 67.5 cm³/mol. The SMILES string of the molecule is Cl.OCCc1cccc(N2CCOCC2)c1. The lowest BCUT2D eigenvalue weighted by atomic mass is 10.1. The first-order valence-corrected chi connectivity index (χ1v) is 5.42. The van der Waals surface area contributed by atoms with Crippen LogP contribution < -0.4 is 4.90 Å². The Bertz CT molecular complexity index is 314. The van der Waals surface area contributed by atoms with Crippen molar-refractivity contribution in [2.24, 2.45) is 0 Å². The second kappa shape index (κ2) is 6.74. The molecule has 1 N–H and O–H groups in total. The molecule has 0 unspecified atom stereocenters. The van der Waals surface area contributed by atoms with Gasteiger partial charge < -0.3 is 14.7 Å². The van der Waals surface area contributed by atoms with Crippen molar-refractivity contribution in [1.29, 1.82) is 0 Å². The molecule has 16 heavy (non-hydrogen) atoms. The minimum absolute atomic E-state index is 0. The molecule has 1 aromatic rings. The largest absolute Gasteiger partial charge is 0.396 e. The first-order valence-electron chi connectivity index (χ1n) is 5.42. The zero-order valence-corrected chi connectivity index (χ0v) is 10.1. The van der Waals surface area contributed by atoms with E-state index < -0.39 is 0 Å². The van der Waals surface area contributed by atoms with Crippen LogP contribution in [0.2, 0.25) is 0 Å². The Labute approximate surface area is 102 Å². The van der Waals surface area contributed by atoms with Gasteiger partial charge in [0.25, 0.3) is 0 Å². The Morgan fingerprint density at radius 2 is 2.00 bits per heavy atom. The van der Waals surface area contributed by atoms with Crippen LogP contribution in [0.3, 0.4) is 0 Å². The summed E-state index contributed by atoms with van der Waals surface area (Å²) in [6, 6.07) is 8.38. The van der Waals surface area contributed by atoms with Crippen molar-refractivity contribution >= 4 is 18.1 Å². The molecule has 90 valence electrons. The lowest BCUT2D eigenvalue weighted by Crippen LogP contribution is -2.36. The summed E-state index contributed by atoms with van der Waals surface area (Å²) in [5.41, 5.74) is 2.44. The molecule has 1 heterocycles. The van der Waals surface area contributed by atoms with E-state index in [1.54, 1.807) is 0 Å². The molecule has 1 fully saturated rings. The van der Waals surface area contributed by atoms with E-state index in [-0.39, 0.29) is 19.0 Å². The maximum absolute atomic E-state index is 8.89. The highest BCUT2D eigenvalue weighted by molar-refractivity contribution is 5.85. The van der Waals surface area contributed by atoms with E-state index in [0.717, 1.165) is 32.7 Å². The molecule has 4 heteroatoms. The summed E-state index contributed by atoms with van der Waals surface area (Å²) in [5.74, 6) is 0. The monoisotopic (exact) mass is 243 g/mol. The number of benzene rings is 1. The van der Waals surface area contributed by atoms with E-state index in [4.69, 9.17) is 9.84 Å². The third-order valence-electron chi connectivity index (χ3n) is 2.69. The molecule has 3 nitrogen and oxygen atoms in total. The maximum atomic E-state index is 8.89. The summed E-state index contributed by atoms with van der Waals surface area (Å²) in [5, 5.41) is 8.89. The summed E-state index contributed by atoms with van der Waals surface area (Å²) in [6.45, 7) is 3.76. The smallest absolute Gasteiger partial charge is 0.0642 e. The zero-order chi connectivity index (χ0) is 10.5. The van der Waals surface area contributed by atoms with Crippen molar-refractivity contribution in [3.8, 4) is 0 Å². The molecule has 0 radical (unpaired) electrons. The highest BCUT2D eigenvalue weighted by Crippen LogP contribution is 2.17. The summed E-state index contributed by atoms with van der Waals surface area (Å²) >= 11 is 0. The molecular weight excluding hydrogens is 226 g/mol. The van der Waals surface area contributed by atoms with Gasteiger partial charge in [0, 0.05) is 25.4 Å². The zero-order valence-electron chi connectivity index (χ0n) is 9.26. The van der Waals surface area contributed by atoms with Gasteiger partial charge in [0.2, 0.25) is 0 Å². The van der Waals surface area contributed by atoms with Crippen LogP contribution in [0.25, 0.3) is 0 Å². The van der Waals surface area contributed by atoms with Gasteiger partial charge in [-0.2, -0.15) is 0 Å². The Morgan fingerprint density at radius 1 is 1.25 bits per heavy atom. The van der Waals surface area contributed by atoms with Gasteiger partial charge in [0.15, 0.2) is 0 Å². The van der Waals surface area contributed by atoms with Gasteiger partial charge in [-0.15, -0.1) is 12.4 Å². The minimum atomic E-state index is 0. The van der Waals surface area contributed by atoms with Crippen LogP contribution in [0.1, 0.15) is 5.56 Å². The molecule has 0 atom stereocenters. The molecule has 1 aromatic carbocycles. The fraction of sp³-hybridized carbons (Fsp3) is 0.500. The van der Waals surface area contributed by atoms with Gasteiger partial charge in [-0.05, 0) is 24.1 Å². The molecule has 0 spiro atoms. The molecule has 0 aliphatic carbocycles. The van der Waals surface area contributed by atoms with Crippen LogP contribution in [0, 0.1) is 0 Å². The van der Waals surface area contributed by atoms with Gasteiger partial charge in [-0.25, -0.2) is 0 Å². The maximum Gasteiger partial charge on any atom is 0.0642 e. The second-order valence-corrected chi connectivity index (χ2v) is 3.74. The Balaban J connectivity index is 0.00000128. The highest BCUT2D eigenvalue weighted by Gasteiger charge is 2.10. The second-order valence-electron chi connectivity index (χ2n) is 3.74. The third kappa shape index (κ3) is 3.37. The highest BCUT2D eigenvalue weighted by atomic mass is 35.5. The predicted octanol–water partition coefficient (Wildman–Crippen LogP) is 1.48. The number of rotatable bonds is 3. The third-order valence-corrected chi connectivity index (χ3v) is 2.69. The Kier molecular flexibility index (Phi) is 5.60. The summed E-state index contributed by atoms with van der Waals surface area (Å²) in [6.07, 6.45) is 0.734. The van der Waals surface area contributed by atoms with E-state index in [2.05, 4.69) is 29.2 Å². The number of aliphatic hydroxyl groups excluding tert-OH is 1. The van der Waals surface area contributed by atoms with Crippen LogP contribution >= 0.6 is 12.4 Å². The topological polar surface area (TPSA) is 32.7 Å². The van der Waals surface area contributed by atoms with Crippen molar-refractivity contribution in [3.63, 3.8) is 0 Å². The molecule has 0 aromatic heterocycles. The standard InChI is InChI=1S/C12H17NO2.ClH/c14-7-4-11-2-1-3-12(10-11)13-5-8-15-9-6-13;/h1-3,10,14H,4-9H2;1H. The molecule has 2 rings (SSSR count). The molecule has 0 saturated carbocycles. The first kappa shape index (κ1) is 13.3. The fourth-order valence-corrected chi connectivity index (χ4v) is 1.86. The van der Waals surface area contributed by atoms with E-state index >= 15 is 0 Å². The molecule has 1 aliphatic rings. The Morgan fingerprint density at radius 3 is 2.69 bits per heavy atom. The van der Waals surface area contributed by atoms with Crippen LogP contribution in [0.5, 0.6) is 0 Å². The average Bonchev–Trinajstić information content (AvgIpc) is 2.31. The lowest BCUT2D eigenvalue weighted by Gasteiger charge is -2.29. The van der Waals surface area contributed by atoms with Gasteiger partial charge in [-0.3, -0.25) is 0 Å². The number of halogens is 1. The average molecular weight is 244 g/mol. The van der Waals surface area contributed by atoms with Gasteiger partial charge in [0.05, 0.1) is 13.2 Å². The molecular formula is C12H18ClNO2. The van der Waals surface area contributed by atoms with Crippen molar-refractivity contribution in [2.45, 2.75) is 6.42 Å². The van der Waals surface area contributed by atoms with E-state index in [0.29, 0.717) is 0 Å². The summed E-state index contributed by atoms with van der Waals surface area (Å²) < 4.78 is 5.32. The normalized spacial score (nSPS) is 15.7. The number of aliphatic hydroxyl groups is 1. The van der Waals surface area contributed by atoms with Gasteiger partial charge in [-0.1, -0.05) is 12.1 Å². The van der Waals surface area contributed by atoms with Crippen molar-refractivity contribution < 1.29 is 9.84 Å². The van der Waals surface area contributed by atoms with E-state index in [9.17, 15) is 0 Å². The van der Waals surface area contributed by atoms with Crippen LogP contribution in [0.4, 0.5) is 5.69 Å². The van der Waals surface area contributed by atoms with E-state index in [1.165, 1.54) is 11.3 Å². The number of nitrogens with zero attached hydrogens (tertiary/aromatic N) is 1. The Hall–Kier alpha value is -0.770. The molecule has 1 aliphatic heterocycles. The van der Waals surface area contributed by atoms with Crippen molar-refractivity contribution in [1.82, 2.24) is 0 Å². The number of hydrogen-bond acceptors (Lipinski definition) is 3. The van der Waals surface area contributed by atoms with Gasteiger partial charge >= 0.3 is 0 Å². The summed E-state index contributed by atoms with van der Waals surface area (Å²) in [4.78, 5) is 2.32. The van der Waals surface area contributed by atoms with Crippen LogP contribution in [-0.4, -0.2) is 38.0 Å². The van der Waals surface area contributed by atoms with Crippen molar-refractivity contribution in [2.75, 3.05) is 37.8 Å². The first-order chi connectivity index (χ1) is 7.40. The quantitative estimate of drug-likeness (QED) is 0.873. The molecule has 1 saturated heterocycles. The molecule has 0 bridgehead atoms. The van der Waals surface area contributed by atoms with Gasteiger partial charge in [0.1, 0.15) is 0 Å². The minimum Gasteiger partial charge on any atom is -0.396 e. The lowest BCUT2D eigenvalue weighted by molar-refractivity contribution is 0.122. The van der Waals surface area contributed by atoms with Crippen LogP contribution in [-0.2, 0) is 11.2 Å². The number of ether oxygens (including phenoxy) is 1.